The van der Waals surface area contributed by atoms with E-state index in [9.17, 15) is 14.4 Å². The average molecular weight is 372 g/mol. The lowest BCUT2D eigenvalue weighted by molar-refractivity contribution is 0.0233. The number of imide groups is 1. The van der Waals surface area contributed by atoms with Crippen molar-refractivity contribution in [2.24, 2.45) is 0 Å². The number of hydroxylamine groups is 1. The minimum atomic E-state index is -0.412. The lowest BCUT2D eigenvalue weighted by Gasteiger charge is -2.14. The van der Waals surface area contributed by atoms with Crippen LogP contribution in [-0.2, 0) is 11.4 Å². The first kappa shape index (κ1) is 17.6. The van der Waals surface area contributed by atoms with Crippen molar-refractivity contribution in [2.45, 2.75) is 6.61 Å². The number of amides is 3. The third-order valence-electron chi connectivity index (χ3n) is 4.43. The molecule has 0 saturated carbocycles. The maximum absolute atomic E-state index is 12.5. The number of rotatable bonds is 5. The zero-order valence-corrected chi connectivity index (χ0v) is 14.8. The van der Waals surface area contributed by atoms with Crippen LogP contribution in [0.3, 0.4) is 0 Å². The Morgan fingerprint density at radius 3 is 1.96 bits per heavy atom. The van der Waals surface area contributed by atoms with Crippen molar-refractivity contribution in [1.82, 2.24) is 5.48 Å². The zero-order chi connectivity index (χ0) is 19.5. The number of benzene rings is 3. The minimum Gasteiger partial charge on any atom is -0.269 e. The van der Waals surface area contributed by atoms with E-state index < -0.39 is 5.91 Å². The summed E-state index contributed by atoms with van der Waals surface area (Å²) >= 11 is 0. The van der Waals surface area contributed by atoms with Gasteiger partial charge in [0.25, 0.3) is 17.7 Å². The fourth-order valence-electron chi connectivity index (χ4n) is 3.00. The van der Waals surface area contributed by atoms with Crippen LogP contribution >= 0.6 is 0 Å². The van der Waals surface area contributed by atoms with Crippen molar-refractivity contribution in [3.05, 3.63) is 101 Å². The van der Waals surface area contributed by atoms with E-state index in [0.717, 1.165) is 10.5 Å². The highest BCUT2D eigenvalue weighted by atomic mass is 16.6. The summed E-state index contributed by atoms with van der Waals surface area (Å²) in [6.45, 7) is 0.250. The molecule has 0 saturated heterocycles. The first-order chi connectivity index (χ1) is 13.6. The Hall–Kier alpha value is -3.77. The fraction of sp³-hybridized carbons (Fsp3) is 0.0455. The Bertz CT molecular complexity index is 1010. The summed E-state index contributed by atoms with van der Waals surface area (Å²) in [4.78, 5) is 43.5. The van der Waals surface area contributed by atoms with Crippen LogP contribution in [0.15, 0.2) is 78.9 Å². The molecule has 3 aromatic rings. The number of anilines is 1. The molecule has 0 bridgehead atoms. The molecule has 28 heavy (non-hydrogen) atoms. The molecular weight excluding hydrogens is 356 g/mol. The van der Waals surface area contributed by atoms with Crippen LogP contribution in [0.4, 0.5) is 5.69 Å². The normalized spacial score (nSPS) is 12.8. The van der Waals surface area contributed by atoms with Gasteiger partial charge < -0.3 is 0 Å². The Morgan fingerprint density at radius 1 is 0.786 bits per heavy atom. The number of nitrogens with one attached hydrogen (secondary N) is 1. The van der Waals surface area contributed by atoms with Crippen LogP contribution in [0.5, 0.6) is 0 Å². The summed E-state index contributed by atoms with van der Waals surface area (Å²) in [6.07, 6.45) is 0. The van der Waals surface area contributed by atoms with Gasteiger partial charge in [-0.15, -0.1) is 0 Å². The van der Waals surface area contributed by atoms with Crippen molar-refractivity contribution < 1.29 is 19.2 Å². The van der Waals surface area contributed by atoms with Crippen molar-refractivity contribution in [3.8, 4) is 0 Å². The third-order valence-corrected chi connectivity index (χ3v) is 4.43. The van der Waals surface area contributed by atoms with Crippen LogP contribution in [0.1, 0.15) is 36.6 Å². The molecule has 0 radical (unpaired) electrons. The topological polar surface area (TPSA) is 75.7 Å². The Balaban J connectivity index is 1.42. The molecule has 0 aliphatic carbocycles. The smallest absolute Gasteiger partial charge is 0.269 e. The predicted octanol–water partition coefficient (Wildman–Crippen LogP) is 3.35. The second kappa shape index (κ2) is 7.46. The van der Waals surface area contributed by atoms with Crippen molar-refractivity contribution in [3.63, 3.8) is 0 Å². The van der Waals surface area contributed by atoms with Crippen LogP contribution in [0.2, 0.25) is 0 Å². The first-order valence-electron chi connectivity index (χ1n) is 8.69. The van der Waals surface area contributed by atoms with Gasteiger partial charge >= 0.3 is 0 Å². The van der Waals surface area contributed by atoms with Gasteiger partial charge in [0.05, 0.1) is 23.4 Å². The summed E-state index contributed by atoms with van der Waals surface area (Å²) in [7, 11) is 0. The summed E-state index contributed by atoms with van der Waals surface area (Å²) in [5.41, 5.74) is 4.84. The van der Waals surface area contributed by atoms with E-state index in [1.54, 1.807) is 48.5 Å². The second-order valence-corrected chi connectivity index (χ2v) is 6.24. The van der Waals surface area contributed by atoms with Gasteiger partial charge in [-0.25, -0.2) is 10.4 Å². The Labute approximate surface area is 161 Å². The van der Waals surface area contributed by atoms with Crippen LogP contribution in [-0.4, -0.2) is 17.7 Å². The molecule has 1 aliphatic rings. The molecule has 1 N–H and O–H groups in total. The van der Waals surface area contributed by atoms with E-state index in [1.807, 2.05) is 30.3 Å². The first-order valence-corrected chi connectivity index (χ1v) is 8.69. The number of carbonyl (C=O) groups excluding carboxylic acids is 3. The molecule has 138 valence electrons. The van der Waals surface area contributed by atoms with Gasteiger partial charge in [0, 0.05) is 5.56 Å². The lowest BCUT2D eigenvalue weighted by Crippen LogP contribution is -2.29. The Morgan fingerprint density at radius 2 is 1.36 bits per heavy atom. The van der Waals surface area contributed by atoms with Crippen LogP contribution in [0, 0.1) is 0 Å². The SMILES string of the molecule is O=C(NOCc1ccccc1)c1ccc(N2C(=O)c3ccccc3C2=O)cc1. The van der Waals surface area contributed by atoms with Gasteiger partial charge in [-0.1, -0.05) is 42.5 Å². The zero-order valence-electron chi connectivity index (χ0n) is 14.8. The highest BCUT2D eigenvalue weighted by Crippen LogP contribution is 2.28. The monoisotopic (exact) mass is 372 g/mol. The van der Waals surface area contributed by atoms with E-state index in [4.69, 9.17) is 4.84 Å². The molecule has 0 aromatic heterocycles. The summed E-state index contributed by atoms with van der Waals surface area (Å²) in [5, 5.41) is 0. The minimum absolute atomic E-state index is 0.250. The van der Waals surface area contributed by atoms with Gasteiger partial charge in [-0.3, -0.25) is 19.2 Å². The van der Waals surface area contributed by atoms with Crippen molar-refractivity contribution >= 4 is 23.4 Å². The number of carbonyl (C=O) groups is 3. The van der Waals surface area contributed by atoms with Crippen LogP contribution in [0.25, 0.3) is 0 Å². The van der Waals surface area contributed by atoms with Crippen molar-refractivity contribution in [2.75, 3.05) is 4.90 Å². The molecule has 3 amide bonds. The van der Waals surface area contributed by atoms with E-state index >= 15 is 0 Å². The second-order valence-electron chi connectivity index (χ2n) is 6.24. The number of nitrogens with zero attached hydrogens (tertiary/aromatic N) is 1. The largest absolute Gasteiger partial charge is 0.274 e. The summed E-state index contributed by atoms with van der Waals surface area (Å²) in [6, 6.07) is 22.4. The summed E-state index contributed by atoms with van der Waals surface area (Å²) < 4.78 is 0. The maximum atomic E-state index is 12.5. The number of hydrogen-bond donors (Lipinski definition) is 1. The molecule has 4 rings (SSSR count). The fourth-order valence-corrected chi connectivity index (χ4v) is 3.00. The van der Waals surface area contributed by atoms with Gasteiger partial charge in [-0.05, 0) is 42.0 Å². The van der Waals surface area contributed by atoms with Crippen LogP contribution < -0.4 is 10.4 Å². The molecule has 0 spiro atoms. The molecule has 1 heterocycles. The highest BCUT2D eigenvalue weighted by molar-refractivity contribution is 6.34. The summed E-state index contributed by atoms with van der Waals surface area (Å²) in [5.74, 6) is -1.15. The van der Waals surface area contributed by atoms with Gasteiger partial charge in [-0.2, -0.15) is 0 Å². The third kappa shape index (κ3) is 3.28. The van der Waals surface area contributed by atoms with E-state index in [-0.39, 0.29) is 18.4 Å². The lowest BCUT2D eigenvalue weighted by atomic mass is 10.1. The maximum Gasteiger partial charge on any atom is 0.274 e. The standard InChI is InChI=1S/C22H16N2O4/c25-20(23-28-14-15-6-2-1-3-7-15)16-10-12-17(13-11-16)24-21(26)18-8-4-5-9-19(18)22(24)27/h1-13H,14H2,(H,23,25). The molecule has 3 aromatic carbocycles. The molecule has 6 heteroatoms. The van der Waals surface area contributed by atoms with Gasteiger partial charge in [0.15, 0.2) is 0 Å². The van der Waals surface area contributed by atoms with E-state index in [2.05, 4.69) is 5.48 Å². The van der Waals surface area contributed by atoms with Gasteiger partial charge in [0.2, 0.25) is 0 Å². The molecule has 0 atom stereocenters. The van der Waals surface area contributed by atoms with Gasteiger partial charge in [0.1, 0.15) is 0 Å². The molecule has 0 fully saturated rings. The molecular formula is C22H16N2O4. The Kier molecular flexibility index (Phi) is 4.70. The number of hydrogen-bond acceptors (Lipinski definition) is 4. The van der Waals surface area contributed by atoms with Crippen molar-refractivity contribution in [1.29, 1.82) is 0 Å². The van der Waals surface area contributed by atoms with E-state index in [1.165, 1.54) is 0 Å². The molecule has 0 unspecified atom stereocenters. The molecule has 6 nitrogen and oxygen atoms in total. The quantitative estimate of drug-likeness (QED) is 0.550. The van der Waals surface area contributed by atoms with E-state index in [0.29, 0.717) is 22.4 Å². The predicted molar refractivity (Wildman–Crippen MR) is 103 cm³/mol. The highest BCUT2D eigenvalue weighted by Gasteiger charge is 2.36. The average Bonchev–Trinajstić information content (AvgIpc) is 2.99. The molecule has 1 aliphatic heterocycles. The number of fused-ring (bicyclic) bond motifs is 1.